The zero-order chi connectivity index (χ0) is 20.7. The lowest BCUT2D eigenvalue weighted by Crippen LogP contribution is -2.14. The van der Waals surface area contributed by atoms with Gasteiger partial charge in [-0.15, -0.1) is 0 Å². The molecule has 8 heteroatoms. The first kappa shape index (κ1) is 20.6. The van der Waals surface area contributed by atoms with Crippen molar-refractivity contribution < 1.29 is 33.4 Å². The van der Waals surface area contributed by atoms with Crippen molar-refractivity contribution in [1.29, 1.82) is 0 Å². The summed E-state index contributed by atoms with van der Waals surface area (Å²) in [6, 6.07) is 10.6. The number of anilines is 1. The summed E-state index contributed by atoms with van der Waals surface area (Å²) in [4.78, 5) is 46.9. The van der Waals surface area contributed by atoms with Crippen LogP contribution in [0.25, 0.3) is 0 Å². The number of methoxy groups -OCH3 is 2. The molecular formula is C20H19NO7. The van der Waals surface area contributed by atoms with Gasteiger partial charge in [0, 0.05) is 18.2 Å². The fourth-order valence-electron chi connectivity index (χ4n) is 2.31. The first-order chi connectivity index (χ1) is 13.3. The van der Waals surface area contributed by atoms with Crippen LogP contribution in [0.1, 0.15) is 43.6 Å². The van der Waals surface area contributed by atoms with Crippen LogP contribution in [0.2, 0.25) is 0 Å². The molecule has 2 rings (SSSR count). The number of carbonyl (C=O) groups excluding carboxylic acids is 4. The maximum Gasteiger partial charge on any atom is 0.337 e. The first-order valence-corrected chi connectivity index (χ1v) is 8.19. The molecule has 0 aliphatic rings. The Labute approximate surface area is 161 Å². The number of nitrogens with one attached hydrogen (secondary N) is 1. The molecule has 0 aromatic heterocycles. The Kier molecular flexibility index (Phi) is 6.86. The van der Waals surface area contributed by atoms with E-state index in [4.69, 9.17) is 4.74 Å². The number of esters is 3. The Morgan fingerprint density at radius 1 is 0.821 bits per heavy atom. The Morgan fingerprint density at radius 3 is 1.82 bits per heavy atom. The summed E-state index contributed by atoms with van der Waals surface area (Å²) in [6.07, 6.45) is 0. The number of amides is 1. The number of benzene rings is 2. The highest BCUT2D eigenvalue weighted by Crippen LogP contribution is 2.18. The summed E-state index contributed by atoms with van der Waals surface area (Å²) in [5, 5.41) is 2.63. The lowest BCUT2D eigenvalue weighted by Gasteiger charge is -2.10. The second-order valence-electron chi connectivity index (χ2n) is 5.71. The van der Waals surface area contributed by atoms with Crippen molar-refractivity contribution in [3.8, 4) is 0 Å². The molecule has 146 valence electrons. The summed E-state index contributed by atoms with van der Waals surface area (Å²) >= 11 is 0. The number of rotatable bonds is 6. The van der Waals surface area contributed by atoms with E-state index >= 15 is 0 Å². The van der Waals surface area contributed by atoms with Gasteiger partial charge in [-0.1, -0.05) is 12.1 Å². The molecule has 0 aliphatic carbocycles. The predicted octanol–water partition coefficient (Wildman–Crippen LogP) is 2.58. The highest BCUT2D eigenvalue weighted by molar-refractivity contribution is 6.06. The minimum Gasteiger partial charge on any atom is -0.465 e. The lowest BCUT2D eigenvalue weighted by atomic mass is 10.1. The standard InChI is InChI=1S/C20H19NO7/c1-12(22)28-11-13-4-6-14(7-5-13)18(23)21-17-9-15(19(24)26-2)8-16(10-17)20(25)27-3/h4-10H,11H2,1-3H3,(H,21,23). The second-order valence-corrected chi connectivity index (χ2v) is 5.71. The van der Waals surface area contributed by atoms with Crippen LogP contribution in [-0.2, 0) is 25.6 Å². The van der Waals surface area contributed by atoms with Crippen LogP contribution in [-0.4, -0.2) is 38.0 Å². The van der Waals surface area contributed by atoms with Crippen molar-refractivity contribution in [1.82, 2.24) is 0 Å². The van der Waals surface area contributed by atoms with Gasteiger partial charge in [-0.05, 0) is 35.9 Å². The van der Waals surface area contributed by atoms with Crippen LogP contribution in [0.15, 0.2) is 42.5 Å². The highest BCUT2D eigenvalue weighted by atomic mass is 16.5. The number of hydrogen-bond donors (Lipinski definition) is 1. The molecule has 1 N–H and O–H groups in total. The molecule has 0 saturated carbocycles. The fraction of sp³-hybridized carbons (Fsp3) is 0.200. The van der Waals surface area contributed by atoms with Gasteiger partial charge in [0.05, 0.1) is 25.3 Å². The van der Waals surface area contributed by atoms with Crippen LogP contribution in [0.3, 0.4) is 0 Å². The molecule has 0 atom stereocenters. The van der Waals surface area contributed by atoms with E-state index in [0.29, 0.717) is 5.56 Å². The molecule has 0 radical (unpaired) electrons. The molecule has 0 spiro atoms. The normalized spacial score (nSPS) is 9.96. The number of ether oxygens (including phenoxy) is 3. The van der Waals surface area contributed by atoms with Gasteiger partial charge in [-0.25, -0.2) is 9.59 Å². The average Bonchev–Trinajstić information content (AvgIpc) is 2.70. The van der Waals surface area contributed by atoms with Crippen LogP contribution < -0.4 is 5.32 Å². The molecule has 0 aliphatic heterocycles. The van der Waals surface area contributed by atoms with Gasteiger partial charge in [-0.3, -0.25) is 9.59 Å². The molecule has 1 amide bonds. The van der Waals surface area contributed by atoms with Crippen molar-refractivity contribution in [2.45, 2.75) is 13.5 Å². The van der Waals surface area contributed by atoms with E-state index in [2.05, 4.69) is 14.8 Å². The van der Waals surface area contributed by atoms with Crippen LogP contribution in [0, 0.1) is 0 Å². The third kappa shape index (κ3) is 5.41. The van der Waals surface area contributed by atoms with Gasteiger partial charge in [0.25, 0.3) is 5.91 Å². The van der Waals surface area contributed by atoms with E-state index < -0.39 is 23.8 Å². The molecule has 8 nitrogen and oxygen atoms in total. The van der Waals surface area contributed by atoms with Gasteiger partial charge in [0.1, 0.15) is 6.61 Å². The zero-order valence-corrected chi connectivity index (χ0v) is 15.6. The average molecular weight is 385 g/mol. The van der Waals surface area contributed by atoms with Gasteiger partial charge < -0.3 is 19.5 Å². The fourth-order valence-corrected chi connectivity index (χ4v) is 2.31. The quantitative estimate of drug-likeness (QED) is 0.601. The zero-order valence-electron chi connectivity index (χ0n) is 15.6. The maximum absolute atomic E-state index is 12.5. The van der Waals surface area contributed by atoms with Gasteiger partial charge >= 0.3 is 17.9 Å². The van der Waals surface area contributed by atoms with Gasteiger partial charge in [0.15, 0.2) is 0 Å². The van der Waals surface area contributed by atoms with Crippen LogP contribution in [0.5, 0.6) is 0 Å². The monoisotopic (exact) mass is 385 g/mol. The Balaban J connectivity index is 2.21. The van der Waals surface area contributed by atoms with E-state index in [-0.39, 0.29) is 23.4 Å². The minimum absolute atomic E-state index is 0.0948. The molecule has 2 aromatic rings. The molecule has 0 saturated heterocycles. The minimum atomic E-state index is -0.656. The smallest absolute Gasteiger partial charge is 0.337 e. The van der Waals surface area contributed by atoms with E-state index in [1.807, 2.05) is 0 Å². The molecule has 2 aromatic carbocycles. The second kappa shape index (κ2) is 9.31. The summed E-state index contributed by atoms with van der Waals surface area (Å²) in [5.41, 5.74) is 1.49. The molecule has 0 heterocycles. The summed E-state index contributed by atoms with van der Waals surface area (Å²) in [5.74, 6) is -2.15. The van der Waals surface area contributed by atoms with Crippen molar-refractivity contribution in [3.63, 3.8) is 0 Å². The summed E-state index contributed by atoms with van der Waals surface area (Å²) in [7, 11) is 2.42. The third-order valence-electron chi connectivity index (χ3n) is 3.69. The van der Waals surface area contributed by atoms with Crippen molar-refractivity contribution in [2.75, 3.05) is 19.5 Å². The number of hydrogen-bond acceptors (Lipinski definition) is 7. The Morgan fingerprint density at radius 2 is 1.36 bits per heavy atom. The molecule has 0 unspecified atom stereocenters. The molecule has 0 bridgehead atoms. The van der Waals surface area contributed by atoms with E-state index in [0.717, 1.165) is 5.56 Å². The molecule has 0 fully saturated rings. The van der Waals surface area contributed by atoms with E-state index in [1.54, 1.807) is 24.3 Å². The van der Waals surface area contributed by atoms with Gasteiger partial charge in [0.2, 0.25) is 0 Å². The molecular weight excluding hydrogens is 366 g/mol. The Hall–Kier alpha value is -3.68. The lowest BCUT2D eigenvalue weighted by molar-refractivity contribution is -0.142. The van der Waals surface area contributed by atoms with Crippen molar-refractivity contribution >= 4 is 29.5 Å². The van der Waals surface area contributed by atoms with Crippen molar-refractivity contribution in [2.24, 2.45) is 0 Å². The largest absolute Gasteiger partial charge is 0.465 e. The van der Waals surface area contributed by atoms with E-state index in [1.165, 1.54) is 39.3 Å². The third-order valence-corrected chi connectivity index (χ3v) is 3.69. The highest BCUT2D eigenvalue weighted by Gasteiger charge is 2.15. The topological polar surface area (TPSA) is 108 Å². The SMILES string of the molecule is COC(=O)c1cc(NC(=O)c2ccc(COC(C)=O)cc2)cc(C(=O)OC)c1. The Bertz CT molecular complexity index is 869. The van der Waals surface area contributed by atoms with E-state index in [9.17, 15) is 19.2 Å². The number of carbonyl (C=O) groups is 4. The van der Waals surface area contributed by atoms with Crippen molar-refractivity contribution in [3.05, 3.63) is 64.7 Å². The summed E-state index contributed by atoms with van der Waals surface area (Å²) in [6.45, 7) is 1.42. The van der Waals surface area contributed by atoms with Crippen LogP contribution in [0.4, 0.5) is 5.69 Å². The summed E-state index contributed by atoms with van der Waals surface area (Å²) < 4.78 is 14.2. The van der Waals surface area contributed by atoms with Crippen LogP contribution >= 0.6 is 0 Å². The molecule has 28 heavy (non-hydrogen) atoms. The maximum atomic E-state index is 12.5. The first-order valence-electron chi connectivity index (χ1n) is 8.19. The van der Waals surface area contributed by atoms with Gasteiger partial charge in [-0.2, -0.15) is 0 Å². The predicted molar refractivity (Wildman–Crippen MR) is 99.0 cm³/mol.